The van der Waals surface area contributed by atoms with Gasteiger partial charge in [0.1, 0.15) is 5.82 Å². The van der Waals surface area contributed by atoms with E-state index in [1.165, 1.54) is 63.1 Å². The minimum atomic E-state index is 0.201. The molecule has 1 fully saturated rings. The molecule has 8 rings (SSSR count). The standard InChI is InChI=1S/C48H53N3/c1-31-18-25-40(48(4)33(3)46(48)42-14-7-8-15-43(42)49-5)26-23-36(28-31)38-22-20-35-19-21-37(29-39(35)30-38)34-13-11-12-32(2)41(27-24-34)47-50-44-16-9-10-17-45(44)51(47)6/h8-11,13,15-17,19-28,30-33,37,42,46H,7,12,14,18,29H2,1-6H3. The van der Waals surface area contributed by atoms with Crippen LogP contribution in [0, 0.1) is 40.9 Å². The fourth-order valence-corrected chi connectivity index (χ4v) is 9.69. The van der Waals surface area contributed by atoms with Crippen molar-refractivity contribution in [3.63, 3.8) is 0 Å². The molecule has 3 heteroatoms. The Kier molecular flexibility index (Phi) is 8.95. The Hall–Kier alpha value is -4.50. The first-order chi connectivity index (χ1) is 24.8. The fourth-order valence-electron chi connectivity index (χ4n) is 9.69. The lowest BCUT2D eigenvalue weighted by molar-refractivity contribution is 0.473. The second-order valence-electron chi connectivity index (χ2n) is 16.1. The van der Waals surface area contributed by atoms with Crippen molar-refractivity contribution in [2.45, 2.75) is 59.8 Å². The zero-order valence-corrected chi connectivity index (χ0v) is 31.3. The van der Waals surface area contributed by atoms with Crippen LogP contribution >= 0.6 is 0 Å². The van der Waals surface area contributed by atoms with Gasteiger partial charge in [0, 0.05) is 31.6 Å². The third-order valence-corrected chi connectivity index (χ3v) is 13.0. The number of aliphatic imine (C=N–C) groups is 1. The molecule has 5 aliphatic rings. The maximum atomic E-state index is 5.06. The summed E-state index contributed by atoms with van der Waals surface area (Å²) in [5.41, 5.74) is 13.4. The molecule has 0 saturated heterocycles. The summed E-state index contributed by atoms with van der Waals surface area (Å²) in [6.07, 6.45) is 34.1. The topological polar surface area (TPSA) is 30.2 Å². The fraction of sp³-hybridized carbons (Fsp3) is 0.375. The van der Waals surface area contributed by atoms with Crippen molar-refractivity contribution < 1.29 is 0 Å². The van der Waals surface area contributed by atoms with Crippen LogP contribution in [0.15, 0.2) is 125 Å². The predicted octanol–water partition coefficient (Wildman–Crippen LogP) is 11.6. The quantitative estimate of drug-likeness (QED) is 0.265. The smallest absolute Gasteiger partial charge is 0.137 e. The molecule has 1 saturated carbocycles. The van der Waals surface area contributed by atoms with E-state index < -0.39 is 0 Å². The number of fused-ring (bicyclic) bond motifs is 2. The molecular weight excluding hydrogens is 619 g/mol. The molecule has 3 nitrogen and oxygen atoms in total. The molecule has 0 radical (unpaired) electrons. The molecule has 7 unspecified atom stereocenters. The summed E-state index contributed by atoms with van der Waals surface area (Å²) in [4.78, 5) is 9.77. The van der Waals surface area contributed by atoms with E-state index in [1.807, 2.05) is 7.05 Å². The Balaban J connectivity index is 1.04. The summed E-state index contributed by atoms with van der Waals surface area (Å²) in [7, 11) is 4.11. The molecular formula is C48H53N3. The maximum absolute atomic E-state index is 5.06. The minimum absolute atomic E-state index is 0.201. The van der Waals surface area contributed by atoms with Gasteiger partial charge in [-0.3, -0.25) is 4.99 Å². The van der Waals surface area contributed by atoms with Crippen LogP contribution < -0.4 is 0 Å². The van der Waals surface area contributed by atoms with Crippen molar-refractivity contribution >= 4 is 34.0 Å². The molecule has 3 aromatic rings. The SMILES string of the molecule is CN=C1C=CCCC1C1C(C)C1(C)C1=CCC(C)C=C(c2ccc3c(c2)CC(C2=CC=C(c4nc5ccccc5n4C)C(C)CC=C2)C=C3)C=C1. The number of allylic oxidation sites excluding steroid dienone is 15. The molecule has 0 amide bonds. The number of aryl methyl sites for hydroxylation is 1. The van der Waals surface area contributed by atoms with E-state index >= 15 is 0 Å². The zero-order chi connectivity index (χ0) is 35.3. The Labute approximate surface area is 305 Å². The lowest BCUT2D eigenvalue weighted by Gasteiger charge is -2.25. The third kappa shape index (κ3) is 6.13. The number of hydrogen-bond acceptors (Lipinski definition) is 2. The molecule has 0 bridgehead atoms. The van der Waals surface area contributed by atoms with E-state index in [2.05, 4.69) is 155 Å². The first-order valence-electron chi connectivity index (χ1n) is 19.3. The van der Waals surface area contributed by atoms with Crippen molar-refractivity contribution in [1.29, 1.82) is 0 Å². The van der Waals surface area contributed by atoms with Gasteiger partial charge < -0.3 is 4.57 Å². The monoisotopic (exact) mass is 671 g/mol. The van der Waals surface area contributed by atoms with Gasteiger partial charge in [-0.15, -0.1) is 0 Å². The average molecular weight is 672 g/mol. The third-order valence-electron chi connectivity index (χ3n) is 13.0. The van der Waals surface area contributed by atoms with Crippen LogP contribution in [0.1, 0.15) is 75.9 Å². The molecule has 5 aliphatic carbocycles. The van der Waals surface area contributed by atoms with Crippen LogP contribution in [0.5, 0.6) is 0 Å². The minimum Gasteiger partial charge on any atom is -0.327 e. The van der Waals surface area contributed by atoms with Gasteiger partial charge >= 0.3 is 0 Å². The highest BCUT2D eigenvalue weighted by Gasteiger charge is 2.62. The summed E-state index contributed by atoms with van der Waals surface area (Å²) < 4.78 is 2.25. The van der Waals surface area contributed by atoms with Crippen molar-refractivity contribution in [1.82, 2.24) is 9.55 Å². The van der Waals surface area contributed by atoms with Gasteiger partial charge in [-0.25, -0.2) is 4.98 Å². The highest BCUT2D eigenvalue weighted by molar-refractivity contribution is 5.98. The van der Waals surface area contributed by atoms with E-state index in [-0.39, 0.29) is 5.41 Å². The molecule has 0 N–H and O–H groups in total. The number of para-hydroxylation sites is 2. The van der Waals surface area contributed by atoms with Crippen LogP contribution in [0.4, 0.5) is 0 Å². The van der Waals surface area contributed by atoms with Gasteiger partial charge in [0.25, 0.3) is 0 Å². The van der Waals surface area contributed by atoms with Crippen LogP contribution in [-0.2, 0) is 13.5 Å². The summed E-state index contributed by atoms with van der Waals surface area (Å²) in [6, 6.07) is 15.6. The number of hydrogen-bond donors (Lipinski definition) is 0. The Morgan fingerprint density at radius 1 is 0.922 bits per heavy atom. The van der Waals surface area contributed by atoms with Gasteiger partial charge in [-0.05, 0) is 118 Å². The van der Waals surface area contributed by atoms with Gasteiger partial charge in [-0.2, -0.15) is 0 Å². The van der Waals surface area contributed by atoms with Crippen molar-refractivity contribution in [2.24, 2.45) is 53.0 Å². The van der Waals surface area contributed by atoms with Gasteiger partial charge in [0.2, 0.25) is 0 Å². The molecule has 1 aromatic heterocycles. The molecule has 1 heterocycles. The molecule has 51 heavy (non-hydrogen) atoms. The first kappa shape index (κ1) is 33.6. The largest absolute Gasteiger partial charge is 0.327 e. The second-order valence-corrected chi connectivity index (χ2v) is 16.1. The normalized spacial score (nSPS) is 31.2. The Morgan fingerprint density at radius 3 is 2.63 bits per heavy atom. The predicted molar refractivity (Wildman–Crippen MR) is 217 cm³/mol. The summed E-state index contributed by atoms with van der Waals surface area (Å²) in [5, 5.41) is 0. The number of aromatic nitrogens is 2. The lowest BCUT2D eigenvalue weighted by Crippen LogP contribution is -2.21. The van der Waals surface area contributed by atoms with Gasteiger partial charge in [0.05, 0.1) is 11.0 Å². The highest BCUT2D eigenvalue weighted by atomic mass is 15.1. The van der Waals surface area contributed by atoms with E-state index in [4.69, 9.17) is 9.98 Å². The summed E-state index contributed by atoms with van der Waals surface area (Å²) in [6.45, 7) is 9.68. The van der Waals surface area contributed by atoms with Crippen LogP contribution in [0.3, 0.4) is 0 Å². The summed E-state index contributed by atoms with van der Waals surface area (Å²) >= 11 is 0. The van der Waals surface area contributed by atoms with Crippen LogP contribution in [0.25, 0.3) is 28.3 Å². The zero-order valence-electron chi connectivity index (χ0n) is 31.3. The average Bonchev–Trinajstić information content (AvgIpc) is 3.52. The van der Waals surface area contributed by atoms with E-state index in [9.17, 15) is 0 Å². The van der Waals surface area contributed by atoms with E-state index in [0.717, 1.165) is 30.6 Å². The van der Waals surface area contributed by atoms with Gasteiger partial charge in [0.15, 0.2) is 0 Å². The van der Waals surface area contributed by atoms with E-state index in [1.54, 1.807) is 0 Å². The summed E-state index contributed by atoms with van der Waals surface area (Å²) in [5.74, 6) is 4.16. The molecule has 0 spiro atoms. The molecule has 0 aliphatic heterocycles. The van der Waals surface area contributed by atoms with E-state index in [0.29, 0.717) is 35.5 Å². The number of nitrogens with zero attached hydrogens (tertiary/aromatic N) is 3. The first-order valence-corrected chi connectivity index (χ1v) is 19.3. The highest BCUT2D eigenvalue weighted by Crippen LogP contribution is 2.67. The number of rotatable bonds is 5. The molecule has 260 valence electrons. The lowest BCUT2D eigenvalue weighted by atomic mass is 9.80. The molecule has 2 aromatic carbocycles. The number of benzene rings is 2. The number of imidazole rings is 1. The van der Waals surface area contributed by atoms with Crippen molar-refractivity contribution in [2.75, 3.05) is 7.05 Å². The Morgan fingerprint density at radius 2 is 1.78 bits per heavy atom. The van der Waals surface area contributed by atoms with Crippen molar-refractivity contribution in [3.05, 3.63) is 143 Å². The maximum Gasteiger partial charge on any atom is 0.137 e. The van der Waals surface area contributed by atoms with Gasteiger partial charge in [-0.1, -0.05) is 125 Å². The van der Waals surface area contributed by atoms with Crippen LogP contribution in [0.2, 0.25) is 0 Å². The van der Waals surface area contributed by atoms with Crippen LogP contribution in [-0.4, -0.2) is 22.3 Å². The van der Waals surface area contributed by atoms with Crippen molar-refractivity contribution in [3.8, 4) is 0 Å². The second kappa shape index (κ2) is 13.6. The molecule has 7 atom stereocenters. The Bertz CT molecular complexity index is 2140.